The first-order valence-electron chi connectivity index (χ1n) is 9.01. The second kappa shape index (κ2) is 6.58. The molecule has 3 nitrogen and oxygen atoms in total. The molecule has 0 saturated heterocycles. The second-order valence-electron chi connectivity index (χ2n) is 7.77. The average molecular weight is 426 g/mol. The molecule has 1 spiro atoms. The summed E-state index contributed by atoms with van der Waals surface area (Å²) in [7, 11) is -2.47. The number of halogens is 4. The first-order valence-corrected chi connectivity index (χ1v) is 10.9. The highest BCUT2D eigenvalue weighted by molar-refractivity contribution is 7.90. The molecule has 0 N–H and O–H groups in total. The molecule has 2 aliphatic rings. The topological polar surface area (TPSA) is 43.4 Å². The normalized spacial score (nSPS) is 17.9. The van der Waals surface area contributed by atoms with Crippen LogP contribution >= 0.6 is 0 Å². The number of hydrogen-bond acceptors (Lipinski definition) is 3. The zero-order valence-electron chi connectivity index (χ0n) is 15.8. The predicted octanol–water partition coefficient (Wildman–Crippen LogP) is 5.14. The van der Waals surface area contributed by atoms with Crippen molar-refractivity contribution in [3.63, 3.8) is 0 Å². The maximum atomic E-state index is 14.7. The summed E-state index contributed by atoms with van der Waals surface area (Å²) >= 11 is 0. The number of ether oxygens (including phenoxy) is 1. The van der Waals surface area contributed by atoms with Gasteiger partial charge in [0.2, 0.25) is 11.6 Å². The van der Waals surface area contributed by atoms with Crippen molar-refractivity contribution in [1.29, 1.82) is 0 Å². The molecule has 154 valence electrons. The summed E-state index contributed by atoms with van der Waals surface area (Å²) in [5, 5.41) is 0. The van der Waals surface area contributed by atoms with Gasteiger partial charge in [0.05, 0.1) is 17.6 Å². The molecule has 8 heteroatoms. The van der Waals surface area contributed by atoms with Gasteiger partial charge in [0.1, 0.15) is 0 Å². The fraction of sp³-hybridized carbons (Fsp3) is 0.333. The lowest BCUT2D eigenvalue weighted by atomic mass is 9.95. The van der Waals surface area contributed by atoms with Crippen molar-refractivity contribution >= 4 is 21.0 Å². The van der Waals surface area contributed by atoms with E-state index < -0.39 is 44.4 Å². The average Bonchev–Trinajstić information content (AvgIpc) is 3.32. The van der Waals surface area contributed by atoms with Gasteiger partial charge in [0.25, 0.3) is 0 Å². The first-order chi connectivity index (χ1) is 13.6. The van der Waals surface area contributed by atoms with E-state index >= 15 is 0 Å². The van der Waals surface area contributed by atoms with E-state index in [0.29, 0.717) is 24.0 Å². The number of hydrogen-bond donors (Lipinski definition) is 0. The van der Waals surface area contributed by atoms with Crippen LogP contribution in [0.15, 0.2) is 29.2 Å². The molecule has 0 amide bonds. The standard InChI is InChI=1S/C21H18F4O3S/c1-28-20-18(24)16(22)15(17(23)19(20)25)14-10-21(7-8-21)9-13(14)11-3-5-12(6-4-11)29(2,26)27/h3-6H,7-10H2,1-2H3. The summed E-state index contributed by atoms with van der Waals surface area (Å²) in [6, 6.07) is 5.93. The van der Waals surface area contributed by atoms with Crippen molar-refractivity contribution in [3.8, 4) is 5.75 Å². The van der Waals surface area contributed by atoms with Gasteiger partial charge in [-0.3, -0.25) is 0 Å². The highest BCUT2D eigenvalue weighted by atomic mass is 32.2. The fourth-order valence-corrected chi connectivity index (χ4v) is 4.66. The van der Waals surface area contributed by atoms with E-state index in [4.69, 9.17) is 0 Å². The van der Waals surface area contributed by atoms with E-state index in [1.165, 1.54) is 12.1 Å². The van der Waals surface area contributed by atoms with Gasteiger partial charge in [0.15, 0.2) is 27.2 Å². The zero-order valence-corrected chi connectivity index (χ0v) is 16.6. The van der Waals surface area contributed by atoms with Crippen LogP contribution in [0.3, 0.4) is 0 Å². The van der Waals surface area contributed by atoms with Gasteiger partial charge in [0, 0.05) is 6.26 Å². The van der Waals surface area contributed by atoms with E-state index in [1.54, 1.807) is 12.1 Å². The minimum atomic E-state index is -3.40. The third kappa shape index (κ3) is 3.23. The summed E-state index contributed by atoms with van der Waals surface area (Å²) < 4.78 is 85.9. The van der Waals surface area contributed by atoms with Crippen molar-refractivity contribution in [2.75, 3.05) is 13.4 Å². The second-order valence-corrected chi connectivity index (χ2v) is 9.79. The van der Waals surface area contributed by atoms with Crippen LogP contribution in [0.1, 0.15) is 36.8 Å². The van der Waals surface area contributed by atoms with Gasteiger partial charge >= 0.3 is 0 Å². The van der Waals surface area contributed by atoms with Crippen LogP contribution in [0.4, 0.5) is 17.6 Å². The van der Waals surface area contributed by atoms with E-state index in [1.807, 2.05) is 0 Å². The molecule has 0 bridgehead atoms. The van der Waals surface area contributed by atoms with Crippen LogP contribution in [-0.2, 0) is 9.84 Å². The minimum absolute atomic E-state index is 0.112. The number of allylic oxidation sites excluding steroid dienone is 2. The lowest BCUT2D eigenvalue weighted by Crippen LogP contribution is -2.06. The summed E-state index contributed by atoms with van der Waals surface area (Å²) in [6.07, 6.45) is 3.59. The third-order valence-corrected chi connectivity index (χ3v) is 6.91. The Kier molecular flexibility index (Phi) is 4.53. The Morgan fingerprint density at radius 2 is 1.38 bits per heavy atom. The van der Waals surface area contributed by atoms with Crippen LogP contribution in [0.2, 0.25) is 0 Å². The Balaban J connectivity index is 1.91. The molecular weight excluding hydrogens is 408 g/mol. The third-order valence-electron chi connectivity index (χ3n) is 5.78. The molecule has 1 fully saturated rings. The largest absolute Gasteiger partial charge is 0.491 e. The molecule has 0 aliphatic heterocycles. The highest BCUT2D eigenvalue weighted by Gasteiger charge is 2.49. The fourth-order valence-electron chi connectivity index (χ4n) is 4.03. The Bertz CT molecular complexity index is 1120. The van der Waals surface area contributed by atoms with Crippen LogP contribution in [-0.4, -0.2) is 21.8 Å². The van der Waals surface area contributed by atoms with Gasteiger partial charge in [-0.25, -0.2) is 17.2 Å². The summed E-state index contributed by atoms with van der Waals surface area (Å²) in [5.74, 6) is -7.21. The van der Waals surface area contributed by atoms with Crippen LogP contribution in [0.5, 0.6) is 5.75 Å². The quantitative estimate of drug-likeness (QED) is 0.502. The maximum absolute atomic E-state index is 14.7. The zero-order chi connectivity index (χ0) is 21.1. The molecule has 0 unspecified atom stereocenters. The molecule has 29 heavy (non-hydrogen) atoms. The monoisotopic (exact) mass is 426 g/mol. The van der Waals surface area contributed by atoms with Crippen LogP contribution in [0.25, 0.3) is 11.1 Å². The Morgan fingerprint density at radius 1 is 0.862 bits per heavy atom. The van der Waals surface area contributed by atoms with Crippen molar-refractivity contribution in [3.05, 3.63) is 58.7 Å². The number of benzene rings is 2. The molecule has 0 atom stereocenters. The van der Waals surface area contributed by atoms with Crippen molar-refractivity contribution in [1.82, 2.24) is 0 Å². The van der Waals surface area contributed by atoms with E-state index in [9.17, 15) is 26.0 Å². The lowest BCUT2D eigenvalue weighted by molar-refractivity contribution is 0.331. The van der Waals surface area contributed by atoms with Gasteiger partial charge in [-0.05, 0) is 59.9 Å². The van der Waals surface area contributed by atoms with Gasteiger partial charge < -0.3 is 4.74 Å². The molecule has 2 aliphatic carbocycles. The molecule has 0 radical (unpaired) electrons. The molecule has 4 rings (SSSR count). The molecule has 1 saturated carbocycles. The Labute approximate surface area is 165 Å². The van der Waals surface area contributed by atoms with Crippen LogP contribution in [0, 0.1) is 28.7 Å². The highest BCUT2D eigenvalue weighted by Crippen LogP contribution is 2.64. The number of sulfone groups is 1. The Hall–Kier alpha value is -2.35. The predicted molar refractivity (Wildman–Crippen MR) is 100 cm³/mol. The van der Waals surface area contributed by atoms with Gasteiger partial charge in [-0.15, -0.1) is 0 Å². The van der Waals surface area contributed by atoms with Crippen molar-refractivity contribution in [2.45, 2.75) is 30.6 Å². The number of methoxy groups -OCH3 is 1. The minimum Gasteiger partial charge on any atom is -0.491 e. The van der Waals surface area contributed by atoms with E-state index in [0.717, 1.165) is 26.2 Å². The van der Waals surface area contributed by atoms with Crippen LogP contribution < -0.4 is 4.74 Å². The van der Waals surface area contributed by atoms with Gasteiger partial charge in [-0.2, -0.15) is 8.78 Å². The van der Waals surface area contributed by atoms with Crippen molar-refractivity contribution < 1.29 is 30.7 Å². The smallest absolute Gasteiger partial charge is 0.204 e. The summed E-state index contributed by atoms with van der Waals surface area (Å²) in [5.41, 5.74) is 0.485. The van der Waals surface area contributed by atoms with Crippen molar-refractivity contribution in [2.24, 2.45) is 5.41 Å². The molecule has 0 heterocycles. The lowest BCUT2D eigenvalue weighted by Gasteiger charge is -2.14. The van der Waals surface area contributed by atoms with Gasteiger partial charge in [-0.1, -0.05) is 12.1 Å². The Morgan fingerprint density at radius 3 is 1.83 bits per heavy atom. The van der Waals surface area contributed by atoms with E-state index in [2.05, 4.69) is 4.74 Å². The molecular formula is C21H18F4O3S. The molecule has 2 aromatic rings. The SMILES string of the molecule is COc1c(F)c(F)c(C2=C(c3ccc(S(C)(=O)=O)cc3)CC3(CC3)C2)c(F)c1F. The maximum Gasteiger partial charge on any atom is 0.204 e. The van der Waals surface area contributed by atoms with E-state index in [-0.39, 0.29) is 15.9 Å². The molecule has 2 aromatic carbocycles. The summed E-state index contributed by atoms with van der Waals surface area (Å²) in [6.45, 7) is 0. The first kappa shape index (κ1) is 19.9. The number of rotatable bonds is 4. The molecule has 0 aromatic heterocycles. The summed E-state index contributed by atoms with van der Waals surface area (Å²) in [4.78, 5) is 0.112.